The Morgan fingerprint density at radius 1 is 1.00 bits per heavy atom. The number of rotatable bonds is 5. The Morgan fingerprint density at radius 3 is 2.29 bits per heavy atom. The molecule has 0 amide bonds. The van der Waals surface area contributed by atoms with E-state index in [0.29, 0.717) is 29.5 Å². The highest BCUT2D eigenvalue weighted by atomic mass is 16.4. The maximum atomic E-state index is 13.8. The zero-order valence-electron chi connectivity index (χ0n) is 20.5. The van der Waals surface area contributed by atoms with E-state index in [1.807, 2.05) is 13.8 Å². The molecule has 8 unspecified atom stereocenters. The third kappa shape index (κ3) is 4.11. The summed E-state index contributed by atoms with van der Waals surface area (Å²) in [5.41, 5.74) is 0.395. The van der Waals surface area contributed by atoms with Crippen molar-refractivity contribution in [1.29, 1.82) is 0 Å². The summed E-state index contributed by atoms with van der Waals surface area (Å²) in [7, 11) is 0. The van der Waals surface area contributed by atoms with Crippen molar-refractivity contribution < 1.29 is 19.8 Å². The second kappa shape index (κ2) is 9.53. The summed E-state index contributed by atoms with van der Waals surface area (Å²) in [6.45, 7) is 11.0. The first-order valence-electron chi connectivity index (χ1n) is 13.2. The van der Waals surface area contributed by atoms with Gasteiger partial charge in [-0.15, -0.1) is 0 Å². The monoisotopic (exact) mass is 434 g/mol. The first-order chi connectivity index (χ1) is 14.7. The molecule has 0 saturated heterocycles. The van der Waals surface area contributed by atoms with Gasteiger partial charge in [-0.25, -0.2) is 0 Å². The zero-order valence-corrected chi connectivity index (χ0v) is 20.5. The maximum Gasteiger partial charge on any atom is 0.303 e. The van der Waals surface area contributed by atoms with Gasteiger partial charge in [-0.2, -0.15) is 0 Å². The van der Waals surface area contributed by atoms with Crippen LogP contribution in [0.25, 0.3) is 0 Å². The molecule has 0 heterocycles. The number of carboxylic acids is 1. The molecular weight excluding hydrogens is 388 g/mol. The number of hydrogen-bond donors (Lipinski definition) is 2. The number of carboxylic acid groups (broad SMARTS) is 1. The van der Waals surface area contributed by atoms with Crippen LogP contribution >= 0.6 is 0 Å². The molecule has 4 heteroatoms. The SMILES string of the molecule is CC.CCC1C(=O)C2C3CCC(CCCC(=O)O)C3(C)CCC2C2(C)CC[C@@H](O)CC12. The van der Waals surface area contributed by atoms with Gasteiger partial charge in [0.2, 0.25) is 0 Å². The second-order valence-corrected chi connectivity index (χ2v) is 11.3. The van der Waals surface area contributed by atoms with Crippen LogP contribution < -0.4 is 0 Å². The Morgan fingerprint density at radius 2 is 1.65 bits per heavy atom. The summed E-state index contributed by atoms with van der Waals surface area (Å²) in [6, 6.07) is 0. The van der Waals surface area contributed by atoms with E-state index in [0.717, 1.165) is 57.8 Å². The van der Waals surface area contributed by atoms with Crippen molar-refractivity contribution >= 4 is 11.8 Å². The predicted molar refractivity (Wildman–Crippen MR) is 124 cm³/mol. The highest BCUT2D eigenvalue weighted by Gasteiger charge is 2.64. The second-order valence-electron chi connectivity index (χ2n) is 11.3. The Balaban J connectivity index is 0.00000132. The molecule has 0 aromatic heterocycles. The van der Waals surface area contributed by atoms with E-state index in [1.54, 1.807) is 0 Å². The fourth-order valence-electron chi connectivity index (χ4n) is 8.72. The summed E-state index contributed by atoms with van der Waals surface area (Å²) in [5.74, 6) is 2.00. The zero-order chi connectivity index (χ0) is 23.0. The van der Waals surface area contributed by atoms with Crippen LogP contribution in [0.5, 0.6) is 0 Å². The Bertz CT molecular complexity index is 660. The molecule has 9 atom stereocenters. The van der Waals surface area contributed by atoms with Crippen LogP contribution in [0.3, 0.4) is 0 Å². The van der Waals surface area contributed by atoms with Gasteiger partial charge in [-0.1, -0.05) is 34.6 Å². The van der Waals surface area contributed by atoms with Crippen molar-refractivity contribution in [2.45, 2.75) is 111 Å². The standard InChI is InChI=1S/C25H40O4.C2H6/c1-4-17-20-14-16(26)10-12-25(20,3)19-11-13-24(2)15(6-5-7-21(27)28)8-9-18(24)22(19)23(17)29;1-2/h15-20,22,26H,4-14H2,1-3H3,(H,27,28);1-2H3/t15?,16-,17?,18?,19?,20?,22?,24?,25?;/m1./s1. The fraction of sp³-hybridized carbons (Fsp3) is 0.926. The number of aliphatic hydroxyl groups is 1. The van der Waals surface area contributed by atoms with Crippen LogP contribution in [0.15, 0.2) is 0 Å². The number of carbonyl (C=O) groups is 2. The lowest BCUT2D eigenvalue weighted by Crippen LogP contribution is -2.60. The quantitative estimate of drug-likeness (QED) is 0.548. The molecule has 0 aromatic rings. The summed E-state index contributed by atoms with van der Waals surface area (Å²) >= 11 is 0. The van der Waals surface area contributed by atoms with E-state index in [1.165, 1.54) is 6.42 Å². The molecule has 0 aromatic carbocycles. The Hall–Kier alpha value is -0.900. The van der Waals surface area contributed by atoms with Crippen molar-refractivity contribution in [3.63, 3.8) is 0 Å². The fourth-order valence-corrected chi connectivity index (χ4v) is 8.72. The summed E-state index contributed by atoms with van der Waals surface area (Å²) in [4.78, 5) is 24.8. The Labute approximate surface area is 189 Å². The molecule has 0 bridgehead atoms. The van der Waals surface area contributed by atoms with Gasteiger partial charge in [0.25, 0.3) is 0 Å². The highest BCUT2D eigenvalue weighted by molar-refractivity contribution is 5.86. The summed E-state index contributed by atoms with van der Waals surface area (Å²) in [5, 5.41) is 19.4. The third-order valence-corrected chi connectivity index (χ3v) is 10.3. The normalized spacial score (nSPS) is 46.3. The van der Waals surface area contributed by atoms with Gasteiger partial charge in [0.05, 0.1) is 6.10 Å². The van der Waals surface area contributed by atoms with Crippen molar-refractivity contribution in [3.05, 3.63) is 0 Å². The minimum atomic E-state index is -0.694. The van der Waals surface area contributed by atoms with Gasteiger partial charge in [-0.3, -0.25) is 9.59 Å². The lowest BCUT2D eigenvalue weighted by Gasteiger charge is -2.62. The van der Waals surface area contributed by atoms with Gasteiger partial charge in [0.1, 0.15) is 5.78 Å². The lowest BCUT2D eigenvalue weighted by atomic mass is 9.42. The van der Waals surface area contributed by atoms with Crippen molar-refractivity contribution in [1.82, 2.24) is 0 Å². The molecule has 4 fully saturated rings. The van der Waals surface area contributed by atoms with E-state index < -0.39 is 5.97 Å². The average molecular weight is 435 g/mol. The smallest absolute Gasteiger partial charge is 0.303 e. The lowest BCUT2D eigenvalue weighted by molar-refractivity contribution is -0.172. The molecule has 178 valence electrons. The van der Waals surface area contributed by atoms with Crippen LogP contribution in [0.2, 0.25) is 0 Å². The number of fused-ring (bicyclic) bond motifs is 5. The van der Waals surface area contributed by atoms with Gasteiger partial charge in [0.15, 0.2) is 0 Å². The average Bonchev–Trinajstić information content (AvgIpc) is 3.07. The predicted octanol–water partition coefficient (Wildman–Crippen LogP) is 6.10. The number of ketones is 1. The molecule has 4 rings (SSSR count). The largest absolute Gasteiger partial charge is 0.481 e. The molecule has 0 spiro atoms. The maximum absolute atomic E-state index is 13.8. The van der Waals surface area contributed by atoms with Crippen molar-refractivity contribution in [2.24, 2.45) is 46.3 Å². The Kier molecular flexibility index (Phi) is 7.61. The highest BCUT2D eigenvalue weighted by Crippen LogP contribution is 2.68. The van der Waals surface area contributed by atoms with Gasteiger partial charge < -0.3 is 10.2 Å². The topological polar surface area (TPSA) is 74.6 Å². The van der Waals surface area contributed by atoms with Crippen molar-refractivity contribution in [3.8, 4) is 0 Å². The summed E-state index contributed by atoms with van der Waals surface area (Å²) < 4.78 is 0. The van der Waals surface area contributed by atoms with Crippen LogP contribution in [0, 0.1) is 46.3 Å². The first kappa shape index (κ1) is 24.7. The van der Waals surface area contributed by atoms with E-state index >= 15 is 0 Å². The molecule has 31 heavy (non-hydrogen) atoms. The van der Waals surface area contributed by atoms with E-state index in [4.69, 9.17) is 5.11 Å². The number of aliphatic hydroxyl groups excluding tert-OH is 1. The first-order valence-corrected chi connectivity index (χ1v) is 13.2. The summed E-state index contributed by atoms with van der Waals surface area (Å²) in [6.07, 6.45) is 10.1. The van der Waals surface area contributed by atoms with Gasteiger partial charge in [0, 0.05) is 18.3 Å². The number of Topliss-reactive ketones (excluding diaryl/α,β-unsaturated/α-hetero) is 1. The minimum Gasteiger partial charge on any atom is -0.481 e. The van der Waals surface area contributed by atoms with E-state index in [9.17, 15) is 14.7 Å². The minimum absolute atomic E-state index is 0.115. The van der Waals surface area contributed by atoms with Gasteiger partial charge >= 0.3 is 5.97 Å². The van der Waals surface area contributed by atoms with Crippen LogP contribution in [0.4, 0.5) is 0 Å². The van der Waals surface area contributed by atoms with Crippen LogP contribution in [-0.2, 0) is 9.59 Å². The molecule has 2 N–H and O–H groups in total. The van der Waals surface area contributed by atoms with E-state index in [-0.39, 0.29) is 35.2 Å². The number of hydrogen-bond acceptors (Lipinski definition) is 3. The van der Waals surface area contributed by atoms with E-state index in [2.05, 4.69) is 20.8 Å². The van der Waals surface area contributed by atoms with Gasteiger partial charge in [-0.05, 0) is 98.7 Å². The molecule has 4 saturated carbocycles. The number of aliphatic carboxylic acids is 1. The van der Waals surface area contributed by atoms with Crippen molar-refractivity contribution in [2.75, 3.05) is 0 Å². The third-order valence-electron chi connectivity index (χ3n) is 10.3. The molecule has 0 aliphatic heterocycles. The molecule has 4 nitrogen and oxygen atoms in total. The number of carbonyl (C=O) groups excluding carboxylic acids is 1. The van der Waals surface area contributed by atoms with Crippen LogP contribution in [-0.4, -0.2) is 28.1 Å². The van der Waals surface area contributed by atoms with Crippen LogP contribution in [0.1, 0.15) is 105 Å². The molecule has 4 aliphatic carbocycles. The molecular formula is C27H46O4. The molecule has 0 radical (unpaired) electrons. The molecule has 4 aliphatic rings.